The predicted molar refractivity (Wildman–Crippen MR) is 96.5 cm³/mol. The number of nitrogens with zero attached hydrogens (tertiary/aromatic N) is 1. The summed E-state index contributed by atoms with van der Waals surface area (Å²) in [7, 11) is 4.57. The van der Waals surface area contributed by atoms with Gasteiger partial charge in [-0.15, -0.1) is 0 Å². The lowest BCUT2D eigenvalue weighted by atomic mass is 10.1. The SMILES string of the molecule is COc1cc(OC)c(OC)cc1CNc1ccc(C(C)=O)cc1[N+](=O)[O-]. The molecule has 0 unspecified atom stereocenters. The van der Waals surface area contributed by atoms with Gasteiger partial charge in [-0.05, 0) is 25.1 Å². The van der Waals surface area contributed by atoms with Crippen LogP contribution in [0.1, 0.15) is 22.8 Å². The van der Waals surface area contributed by atoms with Crippen molar-refractivity contribution in [1.29, 1.82) is 0 Å². The van der Waals surface area contributed by atoms with Crippen molar-refractivity contribution in [2.75, 3.05) is 26.6 Å². The highest BCUT2D eigenvalue weighted by molar-refractivity contribution is 5.95. The number of ether oxygens (including phenoxy) is 3. The molecule has 0 fully saturated rings. The Hall–Kier alpha value is -3.29. The van der Waals surface area contributed by atoms with E-state index in [9.17, 15) is 14.9 Å². The number of hydrogen-bond donors (Lipinski definition) is 1. The Morgan fingerprint density at radius 1 is 1.04 bits per heavy atom. The number of carbonyl (C=O) groups excluding carboxylic acids is 1. The second kappa shape index (κ2) is 8.19. The third-order valence-corrected chi connectivity index (χ3v) is 3.86. The zero-order valence-electron chi connectivity index (χ0n) is 15.0. The van der Waals surface area contributed by atoms with E-state index in [1.54, 1.807) is 18.2 Å². The first-order valence-electron chi connectivity index (χ1n) is 7.73. The first kappa shape index (κ1) is 19.0. The Labute approximate surface area is 150 Å². The third kappa shape index (κ3) is 4.02. The molecule has 2 rings (SSSR count). The lowest BCUT2D eigenvalue weighted by Gasteiger charge is -2.15. The van der Waals surface area contributed by atoms with Crippen LogP contribution in [0.25, 0.3) is 0 Å². The summed E-state index contributed by atoms with van der Waals surface area (Å²) in [5, 5.41) is 14.3. The molecule has 0 saturated heterocycles. The fraction of sp³-hybridized carbons (Fsp3) is 0.278. The van der Waals surface area contributed by atoms with Crippen molar-refractivity contribution in [1.82, 2.24) is 0 Å². The van der Waals surface area contributed by atoms with E-state index in [0.717, 1.165) is 5.56 Å². The minimum absolute atomic E-state index is 0.169. The lowest BCUT2D eigenvalue weighted by molar-refractivity contribution is -0.384. The minimum Gasteiger partial charge on any atom is -0.496 e. The second-order valence-corrected chi connectivity index (χ2v) is 5.42. The fourth-order valence-electron chi connectivity index (χ4n) is 2.47. The van der Waals surface area contributed by atoms with Gasteiger partial charge in [0.15, 0.2) is 17.3 Å². The molecule has 0 heterocycles. The van der Waals surface area contributed by atoms with Crippen LogP contribution in [0.2, 0.25) is 0 Å². The maximum atomic E-state index is 11.4. The highest BCUT2D eigenvalue weighted by atomic mass is 16.6. The summed E-state index contributed by atoms with van der Waals surface area (Å²) in [5.74, 6) is 1.36. The van der Waals surface area contributed by atoms with Gasteiger partial charge in [-0.2, -0.15) is 0 Å². The number of rotatable bonds is 8. The molecule has 0 atom stereocenters. The van der Waals surface area contributed by atoms with E-state index in [1.807, 2.05) is 0 Å². The normalized spacial score (nSPS) is 10.2. The van der Waals surface area contributed by atoms with Gasteiger partial charge in [-0.1, -0.05) is 0 Å². The predicted octanol–water partition coefficient (Wildman–Crippen LogP) is 3.44. The molecular formula is C18H20N2O6. The zero-order valence-corrected chi connectivity index (χ0v) is 15.0. The van der Waals surface area contributed by atoms with Gasteiger partial charge in [0.25, 0.3) is 5.69 Å². The molecule has 8 heteroatoms. The van der Waals surface area contributed by atoms with Crippen LogP contribution < -0.4 is 19.5 Å². The highest BCUT2D eigenvalue weighted by Gasteiger charge is 2.17. The quantitative estimate of drug-likeness (QED) is 0.437. The van der Waals surface area contributed by atoms with Crippen molar-refractivity contribution in [3.05, 3.63) is 51.6 Å². The van der Waals surface area contributed by atoms with Crippen LogP contribution in [0.3, 0.4) is 0 Å². The number of nitro benzene ring substituents is 1. The molecule has 0 amide bonds. The molecule has 2 aromatic carbocycles. The Kier molecular flexibility index (Phi) is 6.00. The van der Waals surface area contributed by atoms with Gasteiger partial charge in [-0.3, -0.25) is 14.9 Å². The number of anilines is 1. The molecule has 0 radical (unpaired) electrons. The van der Waals surface area contributed by atoms with Crippen molar-refractivity contribution in [3.8, 4) is 17.2 Å². The molecular weight excluding hydrogens is 340 g/mol. The first-order valence-corrected chi connectivity index (χ1v) is 7.73. The van der Waals surface area contributed by atoms with Crippen LogP contribution in [0, 0.1) is 10.1 Å². The molecule has 8 nitrogen and oxygen atoms in total. The van der Waals surface area contributed by atoms with Crippen molar-refractivity contribution in [3.63, 3.8) is 0 Å². The van der Waals surface area contributed by atoms with Gasteiger partial charge >= 0.3 is 0 Å². The van der Waals surface area contributed by atoms with E-state index in [4.69, 9.17) is 14.2 Å². The summed E-state index contributed by atoms with van der Waals surface area (Å²) >= 11 is 0. The molecule has 0 bridgehead atoms. The number of carbonyl (C=O) groups is 1. The molecule has 0 saturated carbocycles. The average molecular weight is 360 g/mol. The number of nitrogens with one attached hydrogen (secondary N) is 1. The lowest BCUT2D eigenvalue weighted by Crippen LogP contribution is -2.06. The van der Waals surface area contributed by atoms with Crippen molar-refractivity contribution in [2.45, 2.75) is 13.5 Å². The minimum atomic E-state index is -0.527. The Balaban J connectivity index is 2.34. The van der Waals surface area contributed by atoms with E-state index in [2.05, 4.69) is 5.32 Å². The smallest absolute Gasteiger partial charge is 0.293 e. The number of Topliss-reactive ketones (excluding diaryl/α,β-unsaturated/α-hetero) is 1. The molecule has 138 valence electrons. The summed E-state index contributed by atoms with van der Waals surface area (Å²) in [4.78, 5) is 22.2. The summed E-state index contributed by atoms with van der Waals surface area (Å²) in [5.41, 5.74) is 1.15. The Morgan fingerprint density at radius 2 is 1.65 bits per heavy atom. The highest BCUT2D eigenvalue weighted by Crippen LogP contribution is 2.35. The van der Waals surface area contributed by atoms with Crippen LogP contribution >= 0.6 is 0 Å². The fourth-order valence-corrected chi connectivity index (χ4v) is 2.47. The van der Waals surface area contributed by atoms with Gasteiger partial charge in [0.2, 0.25) is 0 Å². The molecule has 0 spiro atoms. The van der Waals surface area contributed by atoms with E-state index in [-0.39, 0.29) is 23.6 Å². The summed E-state index contributed by atoms with van der Waals surface area (Å²) in [6.45, 7) is 1.62. The molecule has 0 aliphatic heterocycles. The van der Waals surface area contributed by atoms with E-state index < -0.39 is 4.92 Å². The van der Waals surface area contributed by atoms with Gasteiger partial charge in [0.05, 0.1) is 26.3 Å². The van der Waals surface area contributed by atoms with Crippen molar-refractivity contribution >= 4 is 17.2 Å². The number of benzene rings is 2. The summed E-state index contributed by atoms with van der Waals surface area (Å²) in [6.07, 6.45) is 0. The van der Waals surface area contributed by atoms with Crippen molar-refractivity contribution < 1.29 is 23.9 Å². The monoisotopic (exact) mass is 360 g/mol. The summed E-state index contributed by atoms with van der Waals surface area (Å²) in [6, 6.07) is 7.74. The first-order chi connectivity index (χ1) is 12.4. The Bertz CT molecular complexity index is 835. The van der Waals surface area contributed by atoms with Gasteiger partial charge in [0.1, 0.15) is 11.4 Å². The van der Waals surface area contributed by atoms with Gasteiger partial charge in [-0.25, -0.2) is 0 Å². The van der Waals surface area contributed by atoms with Crippen LogP contribution in [0.15, 0.2) is 30.3 Å². The van der Waals surface area contributed by atoms with Gasteiger partial charge < -0.3 is 19.5 Å². The molecule has 0 aliphatic carbocycles. The largest absolute Gasteiger partial charge is 0.496 e. The summed E-state index contributed by atoms with van der Waals surface area (Å²) < 4.78 is 15.9. The van der Waals surface area contributed by atoms with E-state index in [0.29, 0.717) is 22.9 Å². The van der Waals surface area contributed by atoms with E-state index >= 15 is 0 Å². The molecule has 2 aromatic rings. The van der Waals surface area contributed by atoms with Crippen LogP contribution in [-0.2, 0) is 6.54 Å². The topological polar surface area (TPSA) is 99.9 Å². The van der Waals surface area contributed by atoms with Crippen LogP contribution in [-0.4, -0.2) is 32.0 Å². The molecule has 0 aliphatic rings. The van der Waals surface area contributed by atoms with Gasteiger partial charge in [0, 0.05) is 29.8 Å². The second-order valence-electron chi connectivity index (χ2n) is 5.42. The maximum Gasteiger partial charge on any atom is 0.293 e. The number of hydrogen-bond acceptors (Lipinski definition) is 7. The number of methoxy groups -OCH3 is 3. The standard InChI is InChI=1S/C18H20N2O6/c1-11(21)12-5-6-14(15(7-12)20(22)23)19-10-13-8-17(25-3)18(26-4)9-16(13)24-2/h5-9,19H,10H2,1-4H3. The van der Waals surface area contributed by atoms with E-state index in [1.165, 1.54) is 40.4 Å². The molecule has 26 heavy (non-hydrogen) atoms. The average Bonchev–Trinajstić information content (AvgIpc) is 2.65. The van der Waals surface area contributed by atoms with Crippen LogP contribution in [0.4, 0.5) is 11.4 Å². The van der Waals surface area contributed by atoms with Crippen LogP contribution in [0.5, 0.6) is 17.2 Å². The number of nitro groups is 1. The Morgan fingerprint density at radius 3 is 2.19 bits per heavy atom. The third-order valence-electron chi connectivity index (χ3n) is 3.86. The zero-order chi connectivity index (χ0) is 19.3. The maximum absolute atomic E-state index is 11.4. The van der Waals surface area contributed by atoms with Crippen molar-refractivity contribution in [2.24, 2.45) is 0 Å². The number of ketones is 1. The molecule has 1 N–H and O–H groups in total. The molecule has 0 aromatic heterocycles.